The molecule has 0 aliphatic carbocycles. The molecule has 2 rings (SSSR count). The molecule has 2 nitrogen and oxygen atoms in total. The van der Waals surface area contributed by atoms with Gasteiger partial charge in [0.15, 0.2) is 0 Å². The van der Waals surface area contributed by atoms with Gasteiger partial charge in [-0.15, -0.1) is 0 Å². The minimum Gasteiger partial charge on any atom is -0.366 e. The first kappa shape index (κ1) is 13.1. The monoisotopic (exact) mass is 270 g/mol. The summed E-state index contributed by atoms with van der Waals surface area (Å²) in [7, 11) is 0. The highest BCUT2D eigenvalue weighted by atomic mass is 35.5. The Kier molecular flexibility index (Phi) is 4.23. The minimum absolute atomic E-state index is 0.0379. The van der Waals surface area contributed by atoms with Crippen molar-refractivity contribution in [1.29, 1.82) is 0 Å². The van der Waals surface area contributed by atoms with Gasteiger partial charge in [0, 0.05) is 30.1 Å². The Hall–Kier alpha value is -0.380. The quantitative estimate of drug-likeness (QED) is 0.894. The predicted octanol–water partition coefficient (Wildman–Crippen LogP) is 3.30. The lowest BCUT2D eigenvalue weighted by molar-refractivity contribution is 0.699. The van der Waals surface area contributed by atoms with Crippen molar-refractivity contribution >= 4 is 29.1 Å². The van der Waals surface area contributed by atoms with Crippen molar-refractivity contribution in [3.63, 3.8) is 0 Å². The molecule has 94 valence electrons. The number of thioether (sulfide) groups is 1. The molecule has 1 aliphatic rings. The molecule has 0 saturated carbocycles. The summed E-state index contributed by atoms with van der Waals surface area (Å²) in [5.41, 5.74) is 8.10. The molecule has 1 aliphatic heterocycles. The summed E-state index contributed by atoms with van der Waals surface area (Å²) in [6.07, 6.45) is 0. The third-order valence-corrected chi connectivity index (χ3v) is 4.67. The smallest absolute Gasteiger partial charge is 0.0643 e. The highest BCUT2D eigenvalue weighted by Gasteiger charge is 2.21. The van der Waals surface area contributed by atoms with Crippen LogP contribution >= 0.6 is 23.4 Å². The van der Waals surface area contributed by atoms with Crippen molar-refractivity contribution in [3.05, 3.63) is 28.8 Å². The van der Waals surface area contributed by atoms with Crippen molar-refractivity contribution < 1.29 is 0 Å². The largest absolute Gasteiger partial charge is 0.366 e. The molecule has 1 aromatic rings. The maximum Gasteiger partial charge on any atom is 0.0643 e. The van der Waals surface area contributed by atoms with E-state index >= 15 is 0 Å². The van der Waals surface area contributed by atoms with Gasteiger partial charge >= 0.3 is 0 Å². The standard InChI is InChI=1S/C13H19ClN2S/c1-9-8-17-6-5-16(9)13-4-3-11(10(2)15)7-12(13)14/h3-4,7,9-10H,5-6,8,15H2,1-2H3/t9?,10-/m0/s1. The molecule has 0 spiro atoms. The fourth-order valence-corrected chi connectivity index (χ4v) is 3.44. The van der Waals surface area contributed by atoms with Gasteiger partial charge in [-0.2, -0.15) is 11.8 Å². The number of rotatable bonds is 2. The van der Waals surface area contributed by atoms with Crippen LogP contribution in [0.4, 0.5) is 5.69 Å². The highest BCUT2D eigenvalue weighted by Crippen LogP contribution is 2.32. The molecule has 0 aromatic heterocycles. The van der Waals surface area contributed by atoms with Crippen molar-refractivity contribution in [3.8, 4) is 0 Å². The number of nitrogens with zero attached hydrogens (tertiary/aromatic N) is 1. The fraction of sp³-hybridized carbons (Fsp3) is 0.538. The predicted molar refractivity (Wildman–Crippen MR) is 78.2 cm³/mol. The molecule has 1 fully saturated rings. The normalized spacial score (nSPS) is 22.6. The number of hydrogen-bond acceptors (Lipinski definition) is 3. The van der Waals surface area contributed by atoms with E-state index in [1.165, 1.54) is 11.5 Å². The Balaban J connectivity index is 2.26. The van der Waals surface area contributed by atoms with E-state index in [2.05, 4.69) is 24.0 Å². The van der Waals surface area contributed by atoms with Crippen LogP contribution in [0.2, 0.25) is 5.02 Å². The van der Waals surface area contributed by atoms with Crippen LogP contribution in [-0.4, -0.2) is 24.1 Å². The Morgan fingerprint density at radius 1 is 1.53 bits per heavy atom. The molecule has 2 N–H and O–H groups in total. The van der Waals surface area contributed by atoms with E-state index in [1.807, 2.05) is 24.8 Å². The second kappa shape index (κ2) is 5.51. The first-order valence-electron chi connectivity index (χ1n) is 5.99. The van der Waals surface area contributed by atoms with E-state index in [0.717, 1.165) is 22.8 Å². The van der Waals surface area contributed by atoms with Crippen LogP contribution in [-0.2, 0) is 0 Å². The van der Waals surface area contributed by atoms with E-state index in [9.17, 15) is 0 Å². The van der Waals surface area contributed by atoms with Crippen molar-refractivity contribution in [2.45, 2.75) is 25.9 Å². The summed E-state index contributed by atoms with van der Waals surface area (Å²) in [6.45, 7) is 5.30. The molecule has 17 heavy (non-hydrogen) atoms. The number of hydrogen-bond donors (Lipinski definition) is 1. The Morgan fingerprint density at radius 2 is 2.29 bits per heavy atom. The van der Waals surface area contributed by atoms with E-state index in [-0.39, 0.29) is 6.04 Å². The highest BCUT2D eigenvalue weighted by molar-refractivity contribution is 7.99. The molecule has 0 amide bonds. The average molecular weight is 271 g/mol. The van der Waals surface area contributed by atoms with Gasteiger partial charge in [0.05, 0.1) is 10.7 Å². The lowest BCUT2D eigenvalue weighted by atomic mass is 10.1. The molecule has 1 heterocycles. The van der Waals surface area contributed by atoms with E-state index in [4.69, 9.17) is 17.3 Å². The summed E-state index contributed by atoms with van der Waals surface area (Å²) in [5.74, 6) is 2.35. The summed E-state index contributed by atoms with van der Waals surface area (Å²) in [4.78, 5) is 2.39. The topological polar surface area (TPSA) is 29.3 Å². The van der Waals surface area contributed by atoms with Crippen LogP contribution in [0.25, 0.3) is 0 Å². The molecule has 1 saturated heterocycles. The Bertz CT molecular complexity index is 395. The van der Waals surface area contributed by atoms with Gasteiger partial charge in [-0.1, -0.05) is 17.7 Å². The summed E-state index contributed by atoms with van der Waals surface area (Å²) in [6, 6.07) is 6.77. The summed E-state index contributed by atoms with van der Waals surface area (Å²) >= 11 is 8.38. The first-order valence-corrected chi connectivity index (χ1v) is 7.52. The Morgan fingerprint density at radius 3 is 2.88 bits per heavy atom. The molecule has 1 unspecified atom stereocenters. The zero-order valence-corrected chi connectivity index (χ0v) is 11.9. The molecular weight excluding hydrogens is 252 g/mol. The number of benzene rings is 1. The molecule has 0 radical (unpaired) electrons. The maximum absolute atomic E-state index is 6.37. The van der Waals surface area contributed by atoms with Crippen LogP contribution in [0.3, 0.4) is 0 Å². The molecular formula is C13H19ClN2S. The van der Waals surface area contributed by atoms with Crippen molar-refractivity contribution in [1.82, 2.24) is 0 Å². The van der Waals surface area contributed by atoms with Crippen LogP contribution in [0, 0.1) is 0 Å². The van der Waals surface area contributed by atoms with Gasteiger partial charge in [-0.25, -0.2) is 0 Å². The Labute approximate surface area is 113 Å². The second-order valence-electron chi connectivity index (χ2n) is 4.62. The second-order valence-corrected chi connectivity index (χ2v) is 6.17. The summed E-state index contributed by atoms with van der Waals surface area (Å²) in [5, 5.41) is 0.818. The van der Waals surface area contributed by atoms with E-state index in [0.29, 0.717) is 6.04 Å². The van der Waals surface area contributed by atoms with Gasteiger partial charge in [-0.05, 0) is 31.5 Å². The van der Waals surface area contributed by atoms with Gasteiger partial charge in [0.1, 0.15) is 0 Å². The lowest BCUT2D eigenvalue weighted by Gasteiger charge is -2.35. The minimum atomic E-state index is 0.0379. The molecule has 1 aromatic carbocycles. The SMILES string of the molecule is CC1CSCCN1c1ccc([C@H](C)N)cc1Cl. The average Bonchev–Trinajstić information content (AvgIpc) is 2.30. The van der Waals surface area contributed by atoms with Gasteiger partial charge < -0.3 is 10.6 Å². The van der Waals surface area contributed by atoms with Gasteiger partial charge in [0.2, 0.25) is 0 Å². The number of anilines is 1. The first-order chi connectivity index (χ1) is 8.09. The number of halogens is 1. The van der Waals surface area contributed by atoms with E-state index in [1.54, 1.807) is 0 Å². The maximum atomic E-state index is 6.37. The van der Waals surface area contributed by atoms with Crippen molar-refractivity contribution in [2.75, 3.05) is 23.0 Å². The van der Waals surface area contributed by atoms with Crippen molar-refractivity contribution in [2.24, 2.45) is 5.73 Å². The van der Waals surface area contributed by atoms with Gasteiger partial charge in [0.25, 0.3) is 0 Å². The van der Waals surface area contributed by atoms with Crippen LogP contribution < -0.4 is 10.6 Å². The van der Waals surface area contributed by atoms with Gasteiger partial charge in [-0.3, -0.25) is 0 Å². The zero-order chi connectivity index (χ0) is 12.4. The molecule has 4 heteroatoms. The lowest BCUT2D eigenvalue weighted by Crippen LogP contribution is -2.40. The van der Waals surface area contributed by atoms with Crippen LogP contribution in [0.5, 0.6) is 0 Å². The third-order valence-electron chi connectivity index (χ3n) is 3.17. The third kappa shape index (κ3) is 2.90. The summed E-state index contributed by atoms with van der Waals surface area (Å²) < 4.78 is 0. The van der Waals surface area contributed by atoms with E-state index < -0.39 is 0 Å². The van der Waals surface area contributed by atoms with Crippen LogP contribution in [0.15, 0.2) is 18.2 Å². The van der Waals surface area contributed by atoms with Crippen LogP contribution in [0.1, 0.15) is 25.5 Å². The fourth-order valence-electron chi connectivity index (χ4n) is 2.12. The number of nitrogens with two attached hydrogens (primary N) is 1. The molecule has 2 atom stereocenters. The molecule has 0 bridgehead atoms. The zero-order valence-electron chi connectivity index (χ0n) is 10.3.